The number of hydrogen-bond acceptors (Lipinski definition) is 4. The fourth-order valence-corrected chi connectivity index (χ4v) is 3.51. The van der Waals surface area contributed by atoms with Crippen molar-refractivity contribution in [2.45, 2.75) is 18.4 Å². The van der Waals surface area contributed by atoms with E-state index in [9.17, 15) is 13.2 Å². The summed E-state index contributed by atoms with van der Waals surface area (Å²) in [5, 5.41) is 3.17. The highest BCUT2D eigenvalue weighted by Crippen LogP contribution is 2.18. The lowest BCUT2D eigenvalue weighted by molar-refractivity contribution is 0.0936. The predicted molar refractivity (Wildman–Crippen MR) is 101 cm³/mol. The maximum Gasteiger partial charge on any atom is 0.251 e. The summed E-state index contributed by atoms with van der Waals surface area (Å²) >= 11 is 6.05. The molecule has 0 aliphatic heterocycles. The largest absolute Gasteiger partial charge is 0.383 e. The second kappa shape index (κ2) is 9.14. The monoisotopic (exact) mass is 396 g/mol. The first-order valence-electron chi connectivity index (χ1n) is 7.96. The van der Waals surface area contributed by atoms with E-state index in [1.165, 1.54) is 19.2 Å². The van der Waals surface area contributed by atoms with Gasteiger partial charge < -0.3 is 10.1 Å². The van der Waals surface area contributed by atoms with Crippen molar-refractivity contribution in [2.24, 2.45) is 0 Å². The Labute approximate surface area is 158 Å². The third-order valence-corrected chi connectivity index (χ3v) is 5.53. The number of sulfonamides is 1. The number of carbonyl (C=O) groups excluding carboxylic acids is 1. The average molecular weight is 397 g/mol. The molecule has 0 saturated heterocycles. The Bertz CT molecular complexity index is 885. The number of halogens is 1. The average Bonchev–Trinajstić information content (AvgIpc) is 2.61. The Morgan fingerprint density at radius 3 is 2.62 bits per heavy atom. The summed E-state index contributed by atoms with van der Waals surface area (Å²) in [4.78, 5) is 12.3. The number of benzene rings is 2. The van der Waals surface area contributed by atoms with Gasteiger partial charge in [0.05, 0.1) is 11.5 Å². The Kier molecular flexibility index (Phi) is 7.16. The van der Waals surface area contributed by atoms with Crippen molar-refractivity contribution in [3.05, 3.63) is 64.2 Å². The molecule has 0 aliphatic carbocycles. The second-order valence-corrected chi connectivity index (χ2v) is 7.82. The Balaban J connectivity index is 2.17. The van der Waals surface area contributed by atoms with Crippen molar-refractivity contribution in [3.63, 3.8) is 0 Å². The zero-order valence-electron chi connectivity index (χ0n) is 14.6. The zero-order valence-corrected chi connectivity index (χ0v) is 16.2. The number of ether oxygens (including phenoxy) is 1. The summed E-state index contributed by atoms with van der Waals surface area (Å²) in [7, 11) is -2.25. The van der Waals surface area contributed by atoms with E-state index in [0.717, 1.165) is 0 Å². The number of rotatable bonds is 8. The zero-order chi connectivity index (χ0) is 19.2. The summed E-state index contributed by atoms with van der Waals surface area (Å²) in [6.45, 7) is 2.53. The molecule has 0 saturated carbocycles. The minimum Gasteiger partial charge on any atom is -0.383 e. The van der Waals surface area contributed by atoms with Gasteiger partial charge in [0.1, 0.15) is 0 Å². The van der Waals surface area contributed by atoms with Gasteiger partial charge in [0, 0.05) is 30.8 Å². The van der Waals surface area contributed by atoms with Crippen LogP contribution in [0, 0.1) is 6.92 Å². The van der Waals surface area contributed by atoms with Crippen molar-refractivity contribution in [3.8, 4) is 0 Å². The molecule has 0 bridgehead atoms. The molecule has 0 fully saturated rings. The molecule has 6 nitrogen and oxygen atoms in total. The minimum absolute atomic E-state index is 0.0204. The lowest BCUT2D eigenvalue weighted by Crippen LogP contribution is -2.28. The van der Waals surface area contributed by atoms with E-state index in [0.29, 0.717) is 34.9 Å². The standard InChI is InChI=1S/C18H21ClN2O4S/c1-13-7-8-15(11-16(13)18(22)20-9-10-25-2)26(23,24)21-12-14-5-3-4-6-17(14)19/h3-8,11,21H,9-10,12H2,1-2H3,(H,20,22). The maximum atomic E-state index is 12.6. The quantitative estimate of drug-likeness (QED) is 0.671. The van der Waals surface area contributed by atoms with Crippen LogP contribution in [-0.2, 0) is 21.3 Å². The first-order chi connectivity index (χ1) is 12.3. The molecule has 0 radical (unpaired) electrons. The highest BCUT2D eigenvalue weighted by atomic mass is 35.5. The van der Waals surface area contributed by atoms with Crippen molar-refractivity contribution in [1.29, 1.82) is 0 Å². The lowest BCUT2D eigenvalue weighted by atomic mass is 10.1. The normalized spacial score (nSPS) is 11.3. The van der Waals surface area contributed by atoms with Crippen LogP contribution in [0.25, 0.3) is 0 Å². The third-order valence-electron chi connectivity index (χ3n) is 3.77. The van der Waals surface area contributed by atoms with E-state index in [1.54, 1.807) is 37.3 Å². The first-order valence-corrected chi connectivity index (χ1v) is 9.82. The van der Waals surface area contributed by atoms with Gasteiger partial charge in [-0.05, 0) is 36.2 Å². The number of carbonyl (C=O) groups is 1. The summed E-state index contributed by atoms with van der Waals surface area (Å²) in [6.07, 6.45) is 0. The molecular weight excluding hydrogens is 376 g/mol. The molecule has 2 aromatic rings. The summed E-state index contributed by atoms with van der Waals surface area (Å²) < 4.78 is 32.5. The molecule has 1 amide bonds. The molecule has 2 N–H and O–H groups in total. The van der Waals surface area contributed by atoms with Crippen LogP contribution >= 0.6 is 11.6 Å². The van der Waals surface area contributed by atoms with Crippen LogP contribution in [0.5, 0.6) is 0 Å². The van der Waals surface area contributed by atoms with Crippen molar-refractivity contribution < 1.29 is 17.9 Å². The molecule has 0 heterocycles. The molecular formula is C18H21ClN2O4S. The Morgan fingerprint density at radius 1 is 1.19 bits per heavy atom. The van der Waals surface area contributed by atoms with Gasteiger partial charge in [0.2, 0.25) is 10.0 Å². The van der Waals surface area contributed by atoms with Gasteiger partial charge in [-0.1, -0.05) is 35.9 Å². The van der Waals surface area contributed by atoms with E-state index in [1.807, 2.05) is 0 Å². The molecule has 26 heavy (non-hydrogen) atoms. The van der Waals surface area contributed by atoms with Crippen LogP contribution in [0.1, 0.15) is 21.5 Å². The summed E-state index contributed by atoms with van der Waals surface area (Å²) in [5.41, 5.74) is 1.66. The smallest absolute Gasteiger partial charge is 0.251 e. The fraction of sp³-hybridized carbons (Fsp3) is 0.278. The molecule has 0 aliphatic rings. The number of methoxy groups -OCH3 is 1. The lowest BCUT2D eigenvalue weighted by Gasteiger charge is -2.11. The Morgan fingerprint density at radius 2 is 1.92 bits per heavy atom. The van der Waals surface area contributed by atoms with Crippen LogP contribution < -0.4 is 10.0 Å². The number of amides is 1. The molecule has 2 aromatic carbocycles. The molecule has 0 spiro atoms. The second-order valence-electron chi connectivity index (χ2n) is 5.64. The SMILES string of the molecule is COCCNC(=O)c1cc(S(=O)(=O)NCc2ccccc2Cl)ccc1C. The van der Waals surface area contributed by atoms with Gasteiger partial charge in [0.25, 0.3) is 5.91 Å². The number of aryl methyl sites for hydroxylation is 1. The van der Waals surface area contributed by atoms with Crippen LogP contribution in [-0.4, -0.2) is 34.6 Å². The molecule has 0 unspecified atom stereocenters. The van der Waals surface area contributed by atoms with Crippen LogP contribution in [0.3, 0.4) is 0 Å². The van der Waals surface area contributed by atoms with Gasteiger partial charge in [-0.15, -0.1) is 0 Å². The van der Waals surface area contributed by atoms with Gasteiger partial charge in [-0.3, -0.25) is 4.79 Å². The maximum absolute atomic E-state index is 12.6. The number of hydrogen-bond donors (Lipinski definition) is 2. The number of nitrogens with one attached hydrogen (secondary N) is 2. The van der Waals surface area contributed by atoms with Crippen molar-refractivity contribution >= 4 is 27.5 Å². The van der Waals surface area contributed by atoms with E-state index < -0.39 is 10.0 Å². The topological polar surface area (TPSA) is 84.5 Å². The molecule has 2 rings (SSSR count). The third kappa shape index (κ3) is 5.28. The highest BCUT2D eigenvalue weighted by molar-refractivity contribution is 7.89. The molecule has 0 aromatic heterocycles. The van der Waals surface area contributed by atoms with Gasteiger partial charge in [-0.2, -0.15) is 0 Å². The van der Waals surface area contributed by atoms with E-state index in [-0.39, 0.29) is 17.3 Å². The predicted octanol–water partition coefficient (Wildman–Crippen LogP) is 2.50. The Hall–Kier alpha value is -1.93. The molecule has 140 valence electrons. The van der Waals surface area contributed by atoms with Gasteiger partial charge >= 0.3 is 0 Å². The van der Waals surface area contributed by atoms with Crippen LogP contribution in [0.2, 0.25) is 5.02 Å². The van der Waals surface area contributed by atoms with Crippen LogP contribution in [0.15, 0.2) is 47.4 Å². The van der Waals surface area contributed by atoms with E-state index in [4.69, 9.17) is 16.3 Å². The molecule has 0 atom stereocenters. The summed E-state index contributed by atoms with van der Waals surface area (Å²) in [6, 6.07) is 11.4. The molecule has 8 heteroatoms. The van der Waals surface area contributed by atoms with Crippen LogP contribution in [0.4, 0.5) is 0 Å². The van der Waals surface area contributed by atoms with E-state index >= 15 is 0 Å². The van der Waals surface area contributed by atoms with Gasteiger partial charge in [-0.25, -0.2) is 13.1 Å². The van der Waals surface area contributed by atoms with Crippen molar-refractivity contribution in [2.75, 3.05) is 20.3 Å². The van der Waals surface area contributed by atoms with Crippen molar-refractivity contribution in [1.82, 2.24) is 10.0 Å². The van der Waals surface area contributed by atoms with E-state index in [2.05, 4.69) is 10.0 Å². The minimum atomic E-state index is -3.79. The fourth-order valence-electron chi connectivity index (χ4n) is 2.27. The highest BCUT2D eigenvalue weighted by Gasteiger charge is 2.18. The van der Waals surface area contributed by atoms with Gasteiger partial charge in [0.15, 0.2) is 0 Å². The first kappa shape index (κ1) is 20.4. The summed E-state index contributed by atoms with van der Waals surface area (Å²) in [5.74, 6) is -0.345.